The summed E-state index contributed by atoms with van der Waals surface area (Å²) in [5, 5.41) is 2.89. The SMILES string of the molecule is CCOC(=O)c1ccc(NC(C)=O)c(CN(CC)C2CCCCC2)c1. The zero-order chi connectivity index (χ0) is 18.2. The molecule has 0 atom stereocenters. The van der Waals surface area contributed by atoms with Gasteiger partial charge >= 0.3 is 5.97 Å². The number of nitrogens with one attached hydrogen (secondary N) is 1. The molecule has 1 aliphatic carbocycles. The number of rotatable bonds is 7. The quantitative estimate of drug-likeness (QED) is 0.759. The number of nitrogens with zero attached hydrogens (tertiary/aromatic N) is 1. The third-order valence-electron chi connectivity index (χ3n) is 4.80. The first kappa shape index (κ1) is 19.4. The maximum Gasteiger partial charge on any atom is 0.338 e. The average molecular weight is 346 g/mol. The van der Waals surface area contributed by atoms with Gasteiger partial charge in [0.15, 0.2) is 0 Å². The molecule has 0 bridgehead atoms. The first-order chi connectivity index (χ1) is 12.0. The van der Waals surface area contributed by atoms with Crippen molar-refractivity contribution in [2.45, 2.75) is 65.5 Å². The van der Waals surface area contributed by atoms with E-state index in [-0.39, 0.29) is 11.9 Å². The lowest BCUT2D eigenvalue weighted by Gasteiger charge is -2.34. The maximum absolute atomic E-state index is 12.1. The van der Waals surface area contributed by atoms with E-state index in [9.17, 15) is 9.59 Å². The highest BCUT2D eigenvalue weighted by Crippen LogP contribution is 2.26. The smallest absolute Gasteiger partial charge is 0.338 e. The van der Waals surface area contributed by atoms with Gasteiger partial charge in [0.25, 0.3) is 0 Å². The fourth-order valence-electron chi connectivity index (χ4n) is 3.54. The van der Waals surface area contributed by atoms with Crippen LogP contribution in [0, 0.1) is 0 Å². The lowest BCUT2D eigenvalue weighted by molar-refractivity contribution is -0.114. The van der Waals surface area contributed by atoms with Crippen LogP contribution >= 0.6 is 0 Å². The zero-order valence-corrected chi connectivity index (χ0v) is 15.6. The Morgan fingerprint density at radius 3 is 2.52 bits per heavy atom. The van der Waals surface area contributed by atoms with E-state index < -0.39 is 0 Å². The van der Waals surface area contributed by atoms with Crippen LogP contribution in [0.15, 0.2) is 18.2 Å². The number of hydrogen-bond acceptors (Lipinski definition) is 4. The van der Waals surface area contributed by atoms with Crippen LogP contribution < -0.4 is 5.32 Å². The lowest BCUT2D eigenvalue weighted by Crippen LogP contribution is -2.36. The molecule has 1 aromatic rings. The first-order valence-electron chi connectivity index (χ1n) is 9.36. The summed E-state index contributed by atoms with van der Waals surface area (Å²) in [5.41, 5.74) is 2.27. The Labute approximate surface area is 150 Å². The van der Waals surface area contributed by atoms with Crippen molar-refractivity contribution in [1.29, 1.82) is 0 Å². The maximum atomic E-state index is 12.1. The summed E-state index contributed by atoms with van der Waals surface area (Å²) >= 11 is 0. The highest BCUT2D eigenvalue weighted by atomic mass is 16.5. The number of anilines is 1. The topological polar surface area (TPSA) is 58.6 Å². The molecule has 0 spiro atoms. The lowest BCUT2D eigenvalue weighted by atomic mass is 9.93. The molecule has 5 nitrogen and oxygen atoms in total. The molecule has 1 N–H and O–H groups in total. The number of carbonyl (C=O) groups is 2. The van der Waals surface area contributed by atoms with E-state index in [0.717, 1.165) is 24.3 Å². The highest BCUT2D eigenvalue weighted by molar-refractivity contribution is 5.93. The first-order valence-corrected chi connectivity index (χ1v) is 9.36. The van der Waals surface area contributed by atoms with Crippen LogP contribution in [0.3, 0.4) is 0 Å². The van der Waals surface area contributed by atoms with Gasteiger partial charge in [-0.25, -0.2) is 4.79 Å². The molecule has 0 heterocycles. The predicted molar refractivity (Wildman–Crippen MR) is 99.7 cm³/mol. The van der Waals surface area contributed by atoms with Crippen molar-refractivity contribution in [1.82, 2.24) is 4.90 Å². The number of amides is 1. The Morgan fingerprint density at radius 2 is 1.92 bits per heavy atom. The minimum Gasteiger partial charge on any atom is -0.462 e. The molecule has 1 fully saturated rings. The molecule has 0 unspecified atom stereocenters. The fourth-order valence-corrected chi connectivity index (χ4v) is 3.54. The minimum absolute atomic E-state index is 0.106. The zero-order valence-electron chi connectivity index (χ0n) is 15.6. The van der Waals surface area contributed by atoms with E-state index in [2.05, 4.69) is 17.1 Å². The van der Waals surface area contributed by atoms with Gasteiger partial charge in [0.05, 0.1) is 12.2 Å². The fraction of sp³-hybridized carbons (Fsp3) is 0.600. The molecule has 138 valence electrons. The predicted octanol–water partition coefficient (Wildman–Crippen LogP) is 3.98. The molecule has 25 heavy (non-hydrogen) atoms. The van der Waals surface area contributed by atoms with Gasteiger partial charge < -0.3 is 10.1 Å². The molecule has 0 aliphatic heterocycles. The molecule has 1 aliphatic rings. The third kappa shape index (κ3) is 5.56. The molecule has 2 rings (SSSR count). The Kier molecular flexibility index (Phi) is 7.44. The molecule has 0 saturated heterocycles. The number of hydrogen-bond donors (Lipinski definition) is 1. The highest BCUT2D eigenvalue weighted by Gasteiger charge is 2.21. The molecular formula is C20H30N2O3. The van der Waals surface area contributed by atoms with Crippen LogP contribution in [0.2, 0.25) is 0 Å². The summed E-state index contributed by atoms with van der Waals surface area (Å²) in [6.45, 7) is 7.50. The van der Waals surface area contributed by atoms with Gasteiger partial charge in [-0.2, -0.15) is 0 Å². The summed E-state index contributed by atoms with van der Waals surface area (Å²) in [7, 11) is 0. The number of ether oxygens (including phenoxy) is 1. The average Bonchev–Trinajstić information content (AvgIpc) is 2.61. The summed E-state index contributed by atoms with van der Waals surface area (Å²) in [5.74, 6) is -0.426. The van der Waals surface area contributed by atoms with E-state index in [1.807, 2.05) is 6.07 Å². The summed E-state index contributed by atoms with van der Waals surface area (Å²) < 4.78 is 5.11. The third-order valence-corrected chi connectivity index (χ3v) is 4.80. The van der Waals surface area contributed by atoms with Crippen molar-refractivity contribution in [2.75, 3.05) is 18.5 Å². The van der Waals surface area contributed by atoms with Crippen molar-refractivity contribution < 1.29 is 14.3 Å². The van der Waals surface area contributed by atoms with Crippen LogP contribution in [0.25, 0.3) is 0 Å². The van der Waals surface area contributed by atoms with Crippen molar-refractivity contribution in [2.24, 2.45) is 0 Å². The van der Waals surface area contributed by atoms with E-state index in [4.69, 9.17) is 4.74 Å². The number of benzene rings is 1. The van der Waals surface area contributed by atoms with Crippen molar-refractivity contribution in [3.63, 3.8) is 0 Å². The van der Waals surface area contributed by atoms with Gasteiger partial charge in [0.2, 0.25) is 5.91 Å². The van der Waals surface area contributed by atoms with E-state index >= 15 is 0 Å². The Balaban J connectivity index is 2.25. The number of carbonyl (C=O) groups excluding carboxylic acids is 2. The monoisotopic (exact) mass is 346 g/mol. The molecular weight excluding hydrogens is 316 g/mol. The van der Waals surface area contributed by atoms with Crippen LogP contribution in [0.1, 0.15) is 68.8 Å². The van der Waals surface area contributed by atoms with Gasteiger partial charge in [-0.3, -0.25) is 9.69 Å². The van der Waals surface area contributed by atoms with Crippen LogP contribution in [0.5, 0.6) is 0 Å². The molecule has 1 aromatic carbocycles. The van der Waals surface area contributed by atoms with Gasteiger partial charge in [0.1, 0.15) is 0 Å². The largest absolute Gasteiger partial charge is 0.462 e. The second-order valence-corrected chi connectivity index (χ2v) is 6.63. The van der Waals surface area contributed by atoms with Gasteiger partial charge in [-0.1, -0.05) is 26.2 Å². The van der Waals surface area contributed by atoms with Crippen molar-refractivity contribution in [3.8, 4) is 0 Å². The van der Waals surface area contributed by atoms with Gasteiger partial charge in [-0.15, -0.1) is 0 Å². The second kappa shape index (κ2) is 9.56. The second-order valence-electron chi connectivity index (χ2n) is 6.63. The summed E-state index contributed by atoms with van der Waals surface area (Å²) in [6.07, 6.45) is 6.33. The van der Waals surface area contributed by atoms with Crippen LogP contribution in [-0.4, -0.2) is 36.0 Å². The minimum atomic E-state index is -0.321. The standard InChI is InChI=1S/C20H30N2O3/c1-4-22(18-9-7-6-8-10-18)14-17-13-16(20(24)25-5-2)11-12-19(17)21-15(3)23/h11-13,18H,4-10,14H2,1-3H3,(H,21,23). The van der Waals surface area contributed by atoms with E-state index in [0.29, 0.717) is 18.2 Å². The van der Waals surface area contributed by atoms with Crippen LogP contribution in [0.4, 0.5) is 5.69 Å². The molecule has 0 radical (unpaired) electrons. The summed E-state index contributed by atoms with van der Waals surface area (Å²) in [4.78, 5) is 26.0. The number of esters is 1. The van der Waals surface area contributed by atoms with Gasteiger partial charge in [0, 0.05) is 25.2 Å². The Hall–Kier alpha value is -1.88. The Morgan fingerprint density at radius 1 is 1.20 bits per heavy atom. The Bertz CT molecular complexity index is 595. The molecule has 1 saturated carbocycles. The summed E-state index contributed by atoms with van der Waals surface area (Å²) in [6, 6.07) is 5.95. The van der Waals surface area contributed by atoms with Gasteiger partial charge in [-0.05, 0) is 50.1 Å². The normalized spacial score (nSPS) is 15.2. The van der Waals surface area contributed by atoms with Crippen molar-refractivity contribution >= 4 is 17.6 Å². The molecule has 5 heteroatoms. The van der Waals surface area contributed by atoms with Crippen molar-refractivity contribution in [3.05, 3.63) is 29.3 Å². The molecule has 1 amide bonds. The van der Waals surface area contributed by atoms with Crippen LogP contribution in [-0.2, 0) is 16.1 Å². The van der Waals surface area contributed by atoms with E-state index in [1.165, 1.54) is 39.0 Å². The molecule has 0 aromatic heterocycles. The van der Waals surface area contributed by atoms with E-state index in [1.54, 1.807) is 19.1 Å².